The first-order chi connectivity index (χ1) is 13.3. The van der Waals surface area contributed by atoms with Crippen molar-refractivity contribution in [2.75, 3.05) is 33.0 Å². The Morgan fingerprint density at radius 3 is 2.67 bits per heavy atom. The van der Waals surface area contributed by atoms with Crippen molar-refractivity contribution >= 4 is 5.71 Å². The fraction of sp³-hybridized carbons (Fsp3) is 0.381. The van der Waals surface area contributed by atoms with Crippen LogP contribution in [0.25, 0.3) is 0 Å². The van der Waals surface area contributed by atoms with Crippen LogP contribution in [0.1, 0.15) is 22.7 Å². The Labute approximate surface area is 158 Å². The summed E-state index contributed by atoms with van der Waals surface area (Å²) in [7, 11) is 0. The Morgan fingerprint density at radius 1 is 1.00 bits per heavy atom. The topological polar surface area (TPSA) is 57.5 Å². The van der Waals surface area contributed by atoms with Gasteiger partial charge in [-0.15, -0.1) is 0 Å². The molecule has 1 unspecified atom stereocenters. The average Bonchev–Trinajstić information content (AvgIpc) is 3.32. The van der Waals surface area contributed by atoms with Crippen molar-refractivity contribution in [3.05, 3.63) is 59.2 Å². The maximum absolute atomic E-state index is 9.49. The van der Waals surface area contributed by atoms with E-state index in [1.165, 1.54) is 16.7 Å². The Kier molecular flexibility index (Phi) is 4.22. The van der Waals surface area contributed by atoms with Crippen LogP contribution in [0.15, 0.2) is 47.6 Å². The minimum atomic E-state index is 0.110. The Morgan fingerprint density at radius 2 is 1.81 bits per heavy atom. The zero-order chi connectivity index (χ0) is 18.2. The predicted octanol–water partition coefficient (Wildman–Crippen LogP) is 2.66. The molecule has 3 aliphatic rings. The molecule has 1 N–H and O–H groups in total. The molecule has 0 spiro atoms. The van der Waals surface area contributed by atoms with Crippen LogP contribution in [0.3, 0.4) is 0 Å². The smallest absolute Gasteiger partial charge is 0.231 e. The van der Waals surface area contributed by atoms with Gasteiger partial charge >= 0.3 is 0 Å². The van der Waals surface area contributed by atoms with Crippen LogP contribution in [-0.4, -0.2) is 53.7 Å². The molecule has 0 bridgehead atoms. The Balaban J connectivity index is 1.25. The molecule has 0 aromatic heterocycles. The predicted molar refractivity (Wildman–Crippen MR) is 102 cm³/mol. The summed E-state index contributed by atoms with van der Waals surface area (Å²) < 4.78 is 10.9. The summed E-state index contributed by atoms with van der Waals surface area (Å²) in [5, 5.41) is 13.1. The van der Waals surface area contributed by atoms with E-state index in [1.807, 2.05) is 6.07 Å². The van der Waals surface area contributed by atoms with Gasteiger partial charge in [0.1, 0.15) is 0 Å². The molecule has 140 valence electrons. The van der Waals surface area contributed by atoms with E-state index >= 15 is 0 Å². The third-order valence-corrected chi connectivity index (χ3v) is 5.78. The van der Waals surface area contributed by atoms with Crippen LogP contribution in [0.2, 0.25) is 0 Å². The van der Waals surface area contributed by atoms with Crippen LogP contribution in [0, 0.1) is 0 Å². The number of fused-ring (bicyclic) bond motifs is 2. The highest BCUT2D eigenvalue weighted by Crippen LogP contribution is 2.35. The van der Waals surface area contributed by atoms with Gasteiger partial charge in [0.25, 0.3) is 0 Å². The molecule has 1 fully saturated rings. The van der Waals surface area contributed by atoms with Gasteiger partial charge in [-0.05, 0) is 28.8 Å². The largest absolute Gasteiger partial charge is 0.454 e. The minimum Gasteiger partial charge on any atom is -0.454 e. The molecule has 27 heavy (non-hydrogen) atoms. The first-order valence-electron chi connectivity index (χ1n) is 9.45. The van der Waals surface area contributed by atoms with Gasteiger partial charge in [0.2, 0.25) is 6.79 Å². The van der Waals surface area contributed by atoms with Gasteiger partial charge in [-0.25, -0.2) is 0 Å². The fourth-order valence-electron chi connectivity index (χ4n) is 4.41. The van der Waals surface area contributed by atoms with Gasteiger partial charge in [-0.2, -0.15) is 0 Å². The van der Waals surface area contributed by atoms with Crippen molar-refractivity contribution in [2.45, 2.75) is 19.0 Å². The van der Waals surface area contributed by atoms with Crippen LogP contribution in [0.5, 0.6) is 11.5 Å². The monoisotopic (exact) mass is 365 g/mol. The Hall–Kier alpha value is -2.57. The van der Waals surface area contributed by atoms with Gasteiger partial charge in [-0.3, -0.25) is 9.80 Å². The number of rotatable bonds is 3. The molecule has 6 nitrogen and oxygen atoms in total. The van der Waals surface area contributed by atoms with E-state index < -0.39 is 0 Å². The number of piperazine rings is 1. The quantitative estimate of drug-likeness (QED) is 0.669. The van der Waals surface area contributed by atoms with Crippen LogP contribution >= 0.6 is 0 Å². The van der Waals surface area contributed by atoms with E-state index in [9.17, 15) is 5.21 Å². The molecule has 2 aliphatic heterocycles. The molecule has 2 aromatic carbocycles. The van der Waals surface area contributed by atoms with Crippen LogP contribution in [0.4, 0.5) is 0 Å². The lowest BCUT2D eigenvalue weighted by Crippen LogP contribution is -2.48. The normalized spacial score (nSPS) is 23.7. The summed E-state index contributed by atoms with van der Waals surface area (Å²) in [4.78, 5) is 4.90. The minimum absolute atomic E-state index is 0.110. The molecule has 6 heteroatoms. The first kappa shape index (κ1) is 16.6. The van der Waals surface area contributed by atoms with Crippen molar-refractivity contribution in [1.29, 1.82) is 0 Å². The van der Waals surface area contributed by atoms with E-state index in [-0.39, 0.29) is 6.04 Å². The number of oxime groups is 1. The molecule has 2 heterocycles. The fourth-order valence-corrected chi connectivity index (χ4v) is 4.41. The highest BCUT2D eigenvalue weighted by Gasteiger charge is 2.35. The average molecular weight is 365 g/mol. The van der Waals surface area contributed by atoms with E-state index in [2.05, 4.69) is 51.4 Å². The zero-order valence-corrected chi connectivity index (χ0v) is 15.2. The standard InChI is InChI=1S/C21H23N3O3/c25-22-18-12-16-3-1-2-4-17(16)21(18)24-9-7-23(8-10-24)13-15-5-6-19-20(11-15)27-14-26-19/h1-6,11,21,25H,7-10,12-14H2/b22-18+. The second-order valence-electron chi connectivity index (χ2n) is 7.37. The van der Waals surface area contributed by atoms with Gasteiger partial charge < -0.3 is 14.7 Å². The van der Waals surface area contributed by atoms with Gasteiger partial charge in [-0.1, -0.05) is 35.5 Å². The molecule has 1 atom stereocenters. The molecule has 1 aliphatic carbocycles. The van der Waals surface area contributed by atoms with E-state index in [0.717, 1.165) is 56.4 Å². The number of hydrogen-bond acceptors (Lipinski definition) is 6. The second-order valence-corrected chi connectivity index (χ2v) is 7.37. The maximum Gasteiger partial charge on any atom is 0.231 e. The lowest BCUT2D eigenvalue weighted by molar-refractivity contribution is 0.112. The van der Waals surface area contributed by atoms with E-state index in [1.54, 1.807) is 0 Å². The molecule has 0 amide bonds. The van der Waals surface area contributed by atoms with Crippen molar-refractivity contribution in [3.8, 4) is 11.5 Å². The van der Waals surface area contributed by atoms with Crippen molar-refractivity contribution in [1.82, 2.24) is 9.80 Å². The second kappa shape index (κ2) is 6.87. The number of hydrogen-bond donors (Lipinski definition) is 1. The van der Waals surface area contributed by atoms with Crippen molar-refractivity contribution in [2.24, 2.45) is 5.16 Å². The van der Waals surface area contributed by atoms with Gasteiger partial charge in [0, 0.05) is 39.1 Å². The summed E-state index contributed by atoms with van der Waals surface area (Å²) in [6.45, 7) is 5.13. The molecular formula is C21H23N3O3. The third-order valence-electron chi connectivity index (χ3n) is 5.78. The molecular weight excluding hydrogens is 342 g/mol. The van der Waals surface area contributed by atoms with Gasteiger partial charge in [0.15, 0.2) is 11.5 Å². The SMILES string of the molecule is O/N=C1\Cc2ccccc2C1N1CCN(Cc2ccc3c(c2)OCO3)CC1. The van der Waals surface area contributed by atoms with Crippen LogP contribution in [-0.2, 0) is 13.0 Å². The molecule has 0 saturated carbocycles. The summed E-state index contributed by atoms with van der Waals surface area (Å²) in [5.41, 5.74) is 4.67. The van der Waals surface area contributed by atoms with Gasteiger partial charge in [0.05, 0.1) is 11.8 Å². The molecule has 5 rings (SSSR count). The number of nitrogens with zero attached hydrogens (tertiary/aromatic N) is 3. The number of ether oxygens (including phenoxy) is 2. The van der Waals surface area contributed by atoms with Crippen molar-refractivity contribution < 1.29 is 14.7 Å². The molecule has 1 saturated heterocycles. The lowest BCUT2D eigenvalue weighted by atomic mass is 10.1. The van der Waals surface area contributed by atoms with Crippen molar-refractivity contribution in [3.63, 3.8) is 0 Å². The Bertz CT molecular complexity index is 875. The zero-order valence-electron chi connectivity index (χ0n) is 15.2. The first-order valence-corrected chi connectivity index (χ1v) is 9.45. The molecule has 0 radical (unpaired) electrons. The third kappa shape index (κ3) is 3.05. The van der Waals surface area contributed by atoms with E-state index in [0.29, 0.717) is 6.79 Å². The summed E-state index contributed by atoms with van der Waals surface area (Å²) in [5.74, 6) is 1.68. The van der Waals surface area contributed by atoms with E-state index in [4.69, 9.17) is 9.47 Å². The van der Waals surface area contributed by atoms with Crippen LogP contribution < -0.4 is 9.47 Å². The lowest BCUT2D eigenvalue weighted by Gasteiger charge is -2.38. The summed E-state index contributed by atoms with van der Waals surface area (Å²) in [6, 6.07) is 14.7. The highest BCUT2D eigenvalue weighted by atomic mass is 16.7. The molecule has 2 aromatic rings. The summed E-state index contributed by atoms with van der Waals surface area (Å²) >= 11 is 0. The highest BCUT2D eigenvalue weighted by molar-refractivity contribution is 5.96. The summed E-state index contributed by atoms with van der Waals surface area (Å²) in [6.07, 6.45) is 0.745. The maximum atomic E-state index is 9.49. The number of benzene rings is 2.